The first-order valence-electron chi connectivity index (χ1n) is 5.30. The highest BCUT2D eigenvalue weighted by Crippen LogP contribution is 2.22. The lowest BCUT2D eigenvalue weighted by molar-refractivity contribution is -0.134. The van der Waals surface area contributed by atoms with Gasteiger partial charge in [0.2, 0.25) is 10.0 Å². The molecule has 0 aromatic heterocycles. The maximum absolute atomic E-state index is 12.0. The summed E-state index contributed by atoms with van der Waals surface area (Å²) in [6, 6.07) is -0.401. The van der Waals surface area contributed by atoms with Gasteiger partial charge < -0.3 is 5.73 Å². The molecule has 4 nitrogen and oxygen atoms in total. The van der Waals surface area contributed by atoms with E-state index in [2.05, 4.69) is 12.2 Å². The molecule has 108 valence electrons. The summed E-state index contributed by atoms with van der Waals surface area (Å²) >= 11 is 4.62. The summed E-state index contributed by atoms with van der Waals surface area (Å²) in [4.78, 5) is -0.0110. The van der Waals surface area contributed by atoms with Gasteiger partial charge in [-0.2, -0.15) is 17.5 Å². The lowest BCUT2D eigenvalue weighted by atomic mass is 10.3. The van der Waals surface area contributed by atoms with Crippen molar-refractivity contribution in [2.24, 2.45) is 5.73 Å². The second-order valence-corrected chi connectivity index (χ2v) is 6.71. The number of hydrogen-bond acceptors (Lipinski definition) is 3. The van der Waals surface area contributed by atoms with Crippen LogP contribution in [0.2, 0.25) is 0 Å². The van der Waals surface area contributed by atoms with Crippen LogP contribution in [0, 0.1) is 0 Å². The second kappa shape index (κ2) is 6.67. The number of halogens is 3. The normalized spacial score (nSPS) is 13.3. The SMILES string of the molecule is CC(C)N(CC(N)=S)S(=O)(=O)CCCC(F)(F)F. The molecule has 0 spiro atoms. The molecule has 0 radical (unpaired) electrons. The Morgan fingerprint density at radius 3 is 2.22 bits per heavy atom. The van der Waals surface area contributed by atoms with E-state index >= 15 is 0 Å². The summed E-state index contributed by atoms with van der Waals surface area (Å²) in [7, 11) is -3.77. The number of nitrogens with zero attached hydrogens (tertiary/aromatic N) is 1. The summed E-state index contributed by atoms with van der Waals surface area (Å²) in [5.41, 5.74) is 5.27. The number of nitrogens with two attached hydrogens (primary N) is 1. The molecular weight excluding hydrogens is 289 g/mol. The smallest absolute Gasteiger partial charge is 0.389 e. The molecule has 0 atom stereocenters. The molecule has 9 heteroatoms. The van der Waals surface area contributed by atoms with Gasteiger partial charge in [0.1, 0.15) is 0 Å². The molecule has 0 aliphatic heterocycles. The average molecular weight is 306 g/mol. The highest BCUT2D eigenvalue weighted by molar-refractivity contribution is 7.89. The van der Waals surface area contributed by atoms with Gasteiger partial charge in [0, 0.05) is 12.5 Å². The third-order valence-corrected chi connectivity index (χ3v) is 4.31. The Hall–Kier alpha value is -0.410. The van der Waals surface area contributed by atoms with E-state index in [1.165, 1.54) is 0 Å². The fourth-order valence-electron chi connectivity index (χ4n) is 1.33. The molecule has 18 heavy (non-hydrogen) atoms. The second-order valence-electron chi connectivity index (χ2n) is 4.14. The van der Waals surface area contributed by atoms with Crippen molar-refractivity contribution in [3.63, 3.8) is 0 Å². The van der Waals surface area contributed by atoms with Gasteiger partial charge in [0.15, 0.2) is 0 Å². The first-order valence-corrected chi connectivity index (χ1v) is 7.32. The number of hydrogen-bond donors (Lipinski definition) is 1. The Morgan fingerprint density at radius 2 is 1.89 bits per heavy atom. The predicted molar refractivity (Wildman–Crippen MR) is 67.7 cm³/mol. The largest absolute Gasteiger partial charge is 0.392 e. The first-order chi connectivity index (χ1) is 7.96. The third kappa shape index (κ3) is 7.12. The molecule has 0 rings (SSSR count). The maximum Gasteiger partial charge on any atom is 0.389 e. The van der Waals surface area contributed by atoms with Crippen LogP contribution in [-0.2, 0) is 10.0 Å². The molecule has 0 fully saturated rings. The molecule has 0 aliphatic rings. The van der Waals surface area contributed by atoms with E-state index in [9.17, 15) is 21.6 Å². The third-order valence-electron chi connectivity index (χ3n) is 2.11. The van der Waals surface area contributed by atoms with E-state index in [-0.39, 0.29) is 11.5 Å². The van der Waals surface area contributed by atoms with Crippen molar-refractivity contribution >= 4 is 27.2 Å². The Morgan fingerprint density at radius 1 is 1.39 bits per heavy atom. The van der Waals surface area contributed by atoms with Gasteiger partial charge in [-0.3, -0.25) is 0 Å². The molecule has 0 unspecified atom stereocenters. The van der Waals surface area contributed by atoms with Crippen molar-refractivity contribution in [2.75, 3.05) is 12.3 Å². The molecule has 0 saturated heterocycles. The van der Waals surface area contributed by atoms with Crippen LogP contribution >= 0.6 is 12.2 Å². The van der Waals surface area contributed by atoms with Crippen molar-refractivity contribution < 1.29 is 21.6 Å². The maximum atomic E-state index is 12.0. The van der Waals surface area contributed by atoms with E-state index < -0.39 is 40.8 Å². The summed E-state index contributed by atoms with van der Waals surface area (Å²) in [6.45, 7) is 3.07. The minimum absolute atomic E-state index is 0.0110. The summed E-state index contributed by atoms with van der Waals surface area (Å²) in [6.07, 6.45) is -5.93. The number of sulfonamides is 1. The van der Waals surface area contributed by atoms with Crippen LogP contribution in [0.5, 0.6) is 0 Å². The topological polar surface area (TPSA) is 63.4 Å². The van der Waals surface area contributed by atoms with Crippen molar-refractivity contribution in [1.29, 1.82) is 0 Å². The van der Waals surface area contributed by atoms with Crippen LogP contribution in [-0.4, -0.2) is 42.2 Å². The Balaban J connectivity index is 4.62. The zero-order chi connectivity index (χ0) is 14.6. The van der Waals surface area contributed by atoms with Gasteiger partial charge in [0.05, 0.1) is 17.3 Å². The highest BCUT2D eigenvalue weighted by atomic mass is 32.2. The van der Waals surface area contributed by atoms with Crippen LogP contribution in [0.4, 0.5) is 13.2 Å². The predicted octanol–water partition coefficient (Wildman–Crippen LogP) is 1.66. The van der Waals surface area contributed by atoms with Gasteiger partial charge in [-0.15, -0.1) is 0 Å². The van der Waals surface area contributed by atoms with Crippen LogP contribution in [0.1, 0.15) is 26.7 Å². The van der Waals surface area contributed by atoms with Crippen molar-refractivity contribution in [3.05, 3.63) is 0 Å². The Kier molecular flexibility index (Phi) is 6.52. The quantitative estimate of drug-likeness (QED) is 0.727. The Bertz CT molecular complexity index is 380. The van der Waals surface area contributed by atoms with E-state index in [1.807, 2.05) is 0 Å². The lowest BCUT2D eigenvalue weighted by Gasteiger charge is -2.25. The van der Waals surface area contributed by atoms with E-state index in [1.54, 1.807) is 13.8 Å². The Labute approximate surface area is 110 Å². The van der Waals surface area contributed by atoms with Gasteiger partial charge in [-0.1, -0.05) is 12.2 Å². The van der Waals surface area contributed by atoms with Crippen molar-refractivity contribution in [2.45, 2.75) is 38.9 Å². The van der Waals surface area contributed by atoms with Crippen LogP contribution < -0.4 is 5.73 Å². The van der Waals surface area contributed by atoms with Gasteiger partial charge in [-0.05, 0) is 20.3 Å². The fraction of sp³-hybridized carbons (Fsp3) is 0.889. The zero-order valence-electron chi connectivity index (χ0n) is 10.2. The van der Waals surface area contributed by atoms with Crippen LogP contribution in [0.3, 0.4) is 0 Å². The molecular formula is C9H17F3N2O2S2. The van der Waals surface area contributed by atoms with Crippen molar-refractivity contribution in [3.8, 4) is 0 Å². The van der Waals surface area contributed by atoms with E-state index in [0.717, 1.165) is 4.31 Å². The van der Waals surface area contributed by atoms with Gasteiger partial charge in [0.25, 0.3) is 0 Å². The minimum atomic E-state index is -4.35. The standard InChI is InChI=1S/C9H17F3N2O2S2/c1-7(2)14(6-8(13)17)18(15,16)5-3-4-9(10,11)12/h7H,3-6H2,1-2H3,(H2,13,17). The summed E-state index contributed by atoms with van der Waals surface area (Å²) in [5.74, 6) is -0.562. The highest BCUT2D eigenvalue weighted by Gasteiger charge is 2.30. The first kappa shape index (κ1) is 17.6. The van der Waals surface area contributed by atoms with Crippen molar-refractivity contribution in [1.82, 2.24) is 4.31 Å². The van der Waals surface area contributed by atoms with Crippen LogP contribution in [0.15, 0.2) is 0 Å². The van der Waals surface area contributed by atoms with Gasteiger partial charge in [-0.25, -0.2) is 8.42 Å². The lowest BCUT2D eigenvalue weighted by Crippen LogP contribution is -2.43. The number of thiocarbonyl (C=S) groups is 1. The van der Waals surface area contributed by atoms with Gasteiger partial charge >= 0.3 is 6.18 Å². The summed E-state index contributed by atoms with van der Waals surface area (Å²) in [5, 5.41) is 0. The zero-order valence-corrected chi connectivity index (χ0v) is 11.8. The average Bonchev–Trinajstić information content (AvgIpc) is 2.10. The summed E-state index contributed by atoms with van der Waals surface area (Å²) < 4.78 is 60.5. The van der Waals surface area contributed by atoms with Crippen LogP contribution in [0.25, 0.3) is 0 Å². The van der Waals surface area contributed by atoms with E-state index in [0.29, 0.717) is 0 Å². The molecule has 0 saturated carbocycles. The fourth-order valence-corrected chi connectivity index (χ4v) is 3.27. The molecule has 0 aliphatic carbocycles. The molecule has 0 heterocycles. The minimum Gasteiger partial charge on any atom is -0.392 e. The van der Waals surface area contributed by atoms with E-state index in [4.69, 9.17) is 5.73 Å². The number of alkyl halides is 3. The molecule has 0 amide bonds. The molecule has 0 bridgehead atoms. The molecule has 0 aromatic carbocycles. The monoisotopic (exact) mass is 306 g/mol. The molecule has 0 aromatic rings. The molecule has 2 N–H and O–H groups in total. The number of rotatable bonds is 7.